The second kappa shape index (κ2) is 23.1. The van der Waals surface area contributed by atoms with Gasteiger partial charge in [-0.2, -0.15) is 0 Å². The van der Waals surface area contributed by atoms with E-state index in [1.54, 1.807) is 0 Å². The van der Waals surface area contributed by atoms with Gasteiger partial charge in [0.25, 0.3) is 0 Å². The summed E-state index contributed by atoms with van der Waals surface area (Å²) in [6.07, 6.45) is 12.5. The van der Waals surface area contributed by atoms with E-state index in [9.17, 15) is 0 Å². The van der Waals surface area contributed by atoms with Crippen LogP contribution in [0, 0.1) is 6.15 Å². The third kappa shape index (κ3) is 29.7. The van der Waals surface area contributed by atoms with Gasteiger partial charge in [0.1, 0.15) is 0 Å². The molecule has 0 aliphatic heterocycles. The molecule has 0 heterocycles. The fraction of sp³-hybridized carbons (Fsp3) is 1.00. The van der Waals surface area contributed by atoms with Gasteiger partial charge in [-0.1, -0.05) is 85.5 Å². The van der Waals surface area contributed by atoms with Gasteiger partial charge in [0.05, 0.1) is 0 Å². The van der Waals surface area contributed by atoms with E-state index in [1.165, 1.54) is 57.8 Å². The van der Waals surface area contributed by atoms with Crippen LogP contribution >= 0.6 is 0 Å². The Balaban J connectivity index is -0.000000163. The molecule has 0 nitrogen and oxygen atoms in total. The number of rotatable bonds is 7. The topological polar surface area (TPSA) is 0 Å². The molecule has 0 bridgehead atoms. The minimum atomic E-state index is 0. The second-order valence-electron chi connectivity index (χ2n) is 3.77. The molecule has 1 heteroatoms. The molecule has 0 saturated carbocycles. The Hall–Kier alpha value is -0.0909. The Morgan fingerprint density at radius 2 is 0.643 bits per heavy atom. The maximum absolute atomic E-state index is 2.25. The van der Waals surface area contributed by atoms with Gasteiger partial charge in [0, 0.05) is 6.15 Å². The smallest absolute Gasteiger partial charge is 0 e. The summed E-state index contributed by atoms with van der Waals surface area (Å²) in [6, 6.07) is 0. The molecule has 0 amide bonds. The Kier molecular flexibility index (Phi) is 32.1. The van der Waals surface area contributed by atoms with Crippen LogP contribution in [0.1, 0.15) is 85.5 Å². The molecule has 0 saturated heterocycles. The first-order valence-corrected chi connectivity index (χ1v) is 6.33. The van der Waals surface area contributed by atoms with Gasteiger partial charge in [0.15, 0.2) is 0 Å². The van der Waals surface area contributed by atoms with Crippen molar-refractivity contribution in [3.05, 3.63) is 0 Å². The molecule has 0 aromatic carbocycles. The average Bonchev–Trinajstić information content (AvgIpc) is 2.17. The predicted octanol–water partition coefficient (Wildman–Crippen LogP) is 5.56. The van der Waals surface area contributed by atoms with Gasteiger partial charge < -0.3 is 0 Å². The fourth-order valence-corrected chi connectivity index (χ4v) is 1.18. The summed E-state index contributed by atoms with van der Waals surface area (Å²) in [4.78, 5) is 0. The molecule has 14 heavy (non-hydrogen) atoms. The van der Waals surface area contributed by atoms with E-state index < -0.39 is 0 Å². The van der Waals surface area contributed by atoms with Crippen molar-refractivity contribution >= 4 is 0 Å². The van der Waals surface area contributed by atoms with E-state index in [2.05, 4.69) is 27.7 Å². The van der Waals surface area contributed by atoms with Crippen molar-refractivity contribution in [1.82, 2.24) is 0 Å². The quantitative estimate of drug-likeness (QED) is 0.461. The first kappa shape index (κ1) is 19.5. The van der Waals surface area contributed by atoms with Gasteiger partial charge >= 0.3 is 0 Å². The molecule has 0 aliphatic rings. The van der Waals surface area contributed by atoms with E-state index in [0.717, 1.165) is 0 Å². The molecule has 84 valence electrons. The summed E-state index contributed by atoms with van der Waals surface area (Å²) in [6.45, 7) is 8.95. The number of unbranched alkanes of at least 4 members (excludes halogenated alkanes) is 7. The molecule has 0 spiro atoms. The minimum absolute atomic E-state index is 0. The van der Waals surface area contributed by atoms with Crippen LogP contribution in [0.2, 0.25) is 0 Å². The Morgan fingerprint density at radius 3 is 0.857 bits per heavy atom. The van der Waals surface area contributed by atoms with Crippen molar-refractivity contribution in [2.24, 2.45) is 0 Å². The van der Waals surface area contributed by atoms with Crippen LogP contribution < -0.4 is 0 Å². The number of hydrogen-bond donors (Lipinski definition) is 0. The third-order valence-electron chi connectivity index (χ3n) is 2.16. The first-order valence-electron chi connectivity index (χ1n) is 6.33. The normalized spacial score (nSPS) is 8.57. The minimum Gasteiger partial charge on any atom is -0.0654 e. The summed E-state index contributed by atoms with van der Waals surface area (Å²) in [5.74, 6) is 0. The third-order valence-corrected chi connectivity index (χ3v) is 2.16. The van der Waals surface area contributed by atoms with Gasteiger partial charge in [-0.3, -0.25) is 0 Å². The molecule has 0 radical (unpaired) electrons. The maximum atomic E-state index is 2.25. The zero-order valence-electron chi connectivity index (χ0n) is 11.1. The van der Waals surface area contributed by atoms with Crippen LogP contribution in [0.3, 0.4) is 0 Å². The molecule has 0 unspecified atom stereocenters. The number of hydrogen-bond acceptors (Lipinski definition) is 0. The van der Waals surface area contributed by atoms with Crippen LogP contribution in [0.15, 0.2) is 0 Å². The van der Waals surface area contributed by atoms with Gasteiger partial charge in [-0.25, -0.2) is 0 Å². The molecule has 0 rings (SSSR count). The van der Waals surface area contributed by atoms with E-state index in [1.807, 2.05) is 0 Å². The van der Waals surface area contributed by atoms with Gasteiger partial charge in [0.2, 0.25) is 0 Å². The SMILES string of the molecule is CCCCCC.CCCCCCC.[He]. The Labute approximate surface area is 92.3 Å². The van der Waals surface area contributed by atoms with Crippen LogP contribution in [0.5, 0.6) is 0 Å². The summed E-state index contributed by atoms with van der Waals surface area (Å²) >= 11 is 0. The molecular weight excluding hydrogens is 160 g/mol. The van der Waals surface area contributed by atoms with Crippen LogP contribution in [0.25, 0.3) is 0 Å². The largest absolute Gasteiger partial charge is 0.0654 e. The summed E-state index contributed by atoms with van der Waals surface area (Å²) < 4.78 is 0. The molecule has 0 N–H and O–H groups in total. The molecule has 0 aromatic rings. The van der Waals surface area contributed by atoms with Crippen molar-refractivity contribution in [3.63, 3.8) is 0 Å². The molecule has 0 fully saturated rings. The van der Waals surface area contributed by atoms with Crippen molar-refractivity contribution < 1.29 is 6.15 Å². The molecule has 0 aromatic heterocycles. The first-order chi connectivity index (χ1) is 6.33. The van der Waals surface area contributed by atoms with Crippen molar-refractivity contribution in [2.75, 3.05) is 0 Å². The van der Waals surface area contributed by atoms with E-state index in [4.69, 9.17) is 0 Å². The van der Waals surface area contributed by atoms with E-state index >= 15 is 0 Å². The molecular formula is C13H30He. The van der Waals surface area contributed by atoms with Crippen LogP contribution in [0.4, 0.5) is 0 Å². The zero-order chi connectivity index (χ0) is 10.4. The summed E-state index contributed by atoms with van der Waals surface area (Å²) in [5, 5.41) is 0. The predicted molar refractivity (Wildman–Crippen MR) is 64.2 cm³/mol. The summed E-state index contributed by atoms with van der Waals surface area (Å²) in [7, 11) is 0. The standard InChI is InChI=1S/C7H16.C6H14.He/c1-3-5-7-6-4-2;1-3-5-6-4-2;/h3-7H2,1-2H3;3-6H2,1-2H3;. The zero-order valence-corrected chi connectivity index (χ0v) is 11.1. The van der Waals surface area contributed by atoms with Crippen LogP contribution in [-0.4, -0.2) is 0 Å². The molecule has 0 aliphatic carbocycles. The monoisotopic (exact) mass is 190 g/mol. The Bertz CT molecular complexity index is 54.3. The van der Waals surface area contributed by atoms with Gasteiger partial charge in [-0.15, -0.1) is 0 Å². The maximum Gasteiger partial charge on any atom is 0 e. The second-order valence-corrected chi connectivity index (χ2v) is 3.77. The van der Waals surface area contributed by atoms with E-state index in [-0.39, 0.29) is 6.15 Å². The van der Waals surface area contributed by atoms with E-state index in [0.29, 0.717) is 0 Å². The molecule has 0 atom stereocenters. The fourth-order valence-electron chi connectivity index (χ4n) is 1.18. The average molecular weight is 190 g/mol. The van der Waals surface area contributed by atoms with Gasteiger partial charge in [-0.05, 0) is 0 Å². The Morgan fingerprint density at radius 1 is 0.429 bits per heavy atom. The van der Waals surface area contributed by atoms with Crippen molar-refractivity contribution in [3.8, 4) is 0 Å². The van der Waals surface area contributed by atoms with Crippen molar-refractivity contribution in [2.45, 2.75) is 85.5 Å². The van der Waals surface area contributed by atoms with Crippen LogP contribution in [-0.2, 0) is 0 Å². The van der Waals surface area contributed by atoms with Crippen molar-refractivity contribution in [1.29, 1.82) is 0 Å². The summed E-state index contributed by atoms with van der Waals surface area (Å²) in [5.41, 5.74) is 0.